The van der Waals surface area contributed by atoms with Gasteiger partial charge in [0.25, 0.3) is 0 Å². The number of hydrogen-bond donors (Lipinski definition) is 3. The molecule has 0 aromatic rings. The van der Waals surface area contributed by atoms with Crippen LogP contribution < -0.4 is 16.4 Å². The second-order valence-electron chi connectivity index (χ2n) is 5.65. The molecule has 1 heterocycles. The highest BCUT2D eigenvalue weighted by Gasteiger charge is 2.35. The lowest BCUT2D eigenvalue weighted by Crippen LogP contribution is -2.58. The largest absolute Gasteiger partial charge is 0.369 e. The van der Waals surface area contributed by atoms with Crippen LogP contribution >= 0.6 is 12.4 Å². The first-order valence-corrected chi connectivity index (χ1v) is 6.11. The molecule has 106 valence electrons. The van der Waals surface area contributed by atoms with Crippen LogP contribution in [0.15, 0.2) is 0 Å². The molecule has 1 fully saturated rings. The number of hydrogen-bond acceptors (Lipinski definition) is 3. The Kier molecular flexibility index (Phi) is 6.10. The summed E-state index contributed by atoms with van der Waals surface area (Å²) in [5.41, 5.74) is 4.05. The Morgan fingerprint density at radius 3 is 2.44 bits per heavy atom. The van der Waals surface area contributed by atoms with E-state index in [-0.39, 0.29) is 24.9 Å². The molecule has 1 aliphatic rings. The molecule has 0 saturated carbocycles. The second-order valence-corrected chi connectivity index (χ2v) is 5.65. The van der Waals surface area contributed by atoms with Crippen molar-refractivity contribution in [3.05, 3.63) is 0 Å². The van der Waals surface area contributed by atoms with Crippen molar-refractivity contribution in [2.75, 3.05) is 13.1 Å². The van der Waals surface area contributed by atoms with Gasteiger partial charge in [-0.2, -0.15) is 0 Å². The minimum atomic E-state index is -0.708. The summed E-state index contributed by atoms with van der Waals surface area (Å²) in [5.74, 6) is -0.453. The quantitative estimate of drug-likeness (QED) is 0.702. The third-order valence-corrected chi connectivity index (χ3v) is 3.48. The molecular weight excluding hydrogens is 254 g/mol. The summed E-state index contributed by atoms with van der Waals surface area (Å²) >= 11 is 0. The summed E-state index contributed by atoms with van der Waals surface area (Å²) in [6, 6.07) is 0. The van der Waals surface area contributed by atoms with Crippen LogP contribution in [-0.4, -0.2) is 30.4 Å². The molecule has 4 N–H and O–H groups in total. The molecule has 5 nitrogen and oxygen atoms in total. The van der Waals surface area contributed by atoms with E-state index in [9.17, 15) is 9.59 Å². The molecule has 6 heteroatoms. The molecule has 0 bridgehead atoms. The van der Waals surface area contributed by atoms with Gasteiger partial charge in [-0.3, -0.25) is 9.59 Å². The minimum absolute atomic E-state index is 0. The molecule has 1 aliphatic heterocycles. The van der Waals surface area contributed by atoms with E-state index in [0.29, 0.717) is 0 Å². The summed E-state index contributed by atoms with van der Waals surface area (Å²) in [5, 5.41) is 6.04. The zero-order valence-electron chi connectivity index (χ0n) is 11.3. The SMILES string of the molecule is CC(C)(CNC(=O)C1(C)CCCCN1)C(N)=O.Cl. The van der Waals surface area contributed by atoms with Gasteiger partial charge < -0.3 is 16.4 Å². The molecule has 1 unspecified atom stereocenters. The van der Waals surface area contributed by atoms with Gasteiger partial charge in [0, 0.05) is 6.54 Å². The lowest BCUT2D eigenvalue weighted by molar-refractivity contribution is -0.130. The average Bonchev–Trinajstić information content (AvgIpc) is 2.26. The number of carbonyl (C=O) groups is 2. The van der Waals surface area contributed by atoms with E-state index in [2.05, 4.69) is 10.6 Å². The van der Waals surface area contributed by atoms with Gasteiger partial charge in [0.2, 0.25) is 11.8 Å². The van der Waals surface area contributed by atoms with Crippen molar-refractivity contribution in [1.82, 2.24) is 10.6 Å². The smallest absolute Gasteiger partial charge is 0.240 e. The molecule has 1 saturated heterocycles. The van der Waals surface area contributed by atoms with Crippen LogP contribution in [-0.2, 0) is 9.59 Å². The summed E-state index contributed by atoms with van der Waals surface area (Å²) in [7, 11) is 0. The van der Waals surface area contributed by atoms with E-state index in [1.165, 1.54) is 0 Å². The van der Waals surface area contributed by atoms with Crippen LogP contribution in [0.25, 0.3) is 0 Å². The molecule has 0 aliphatic carbocycles. The van der Waals surface area contributed by atoms with Gasteiger partial charge in [0.05, 0.1) is 11.0 Å². The van der Waals surface area contributed by atoms with Gasteiger partial charge in [0.1, 0.15) is 0 Å². The van der Waals surface area contributed by atoms with Crippen molar-refractivity contribution in [2.45, 2.75) is 45.6 Å². The maximum absolute atomic E-state index is 12.1. The van der Waals surface area contributed by atoms with Crippen molar-refractivity contribution >= 4 is 24.2 Å². The summed E-state index contributed by atoms with van der Waals surface area (Å²) < 4.78 is 0. The van der Waals surface area contributed by atoms with Crippen LogP contribution in [0.5, 0.6) is 0 Å². The van der Waals surface area contributed by atoms with Crippen molar-refractivity contribution in [3.8, 4) is 0 Å². The van der Waals surface area contributed by atoms with Crippen LogP contribution in [0, 0.1) is 5.41 Å². The van der Waals surface area contributed by atoms with Crippen LogP contribution in [0.2, 0.25) is 0 Å². The first-order chi connectivity index (χ1) is 7.78. The minimum Gasteiger partial charge on any atom is -0.369 e. The second kappa shape index (κ2) is 6.38. The fourth-order valence-corrected chi connectivity index (χ4v) is 1.83. The Labute approximate surface area is 115 Å². The Morgan fingerprint density at radius 2 is 2.00 bits per heavy atom. The van der Waals surface area contributed by atoms with Gasteiger partial charge >= 0.3 is 0 Å². The van der Waals surface area contributed by atoms with Crippen molar-refractivity contribution in [1.29, 1.82) is 0 Å². The first-order valence-electron chi connectivity index (χ1n) is 6.11. The van der Waals surface area contributed by atoms with E-state index in [1.807, 2.05) is 6.92 Å². The summed E-state index contributed by atoms with van der Waals surface area (Å²) in [6.07, 6.45) is 2.99. The van der Waals surface area contributed by atoms with Gasteiger partial charge in [-0.05, 0) is 46.6 Å². The highest BCUT2D eigenvalue weighted by molar-refractivity contribution is 5.87. The van der Waals surface area contributed by atoms with E-state index < -0.39 is 16.9 Å². The van der Waals surface area contributed by atoms with Crippen LogP contribution in [0.3, 0.4) is 0 Å². The van der Waals surface area contributed by atoms with Crippen molar-refractivity contribution in [2.24, 2.45) is 11.1 Å². The van der Waals surface area contributed by atoms with Crippen molar-refractivity contribution in [3.63, 3.8) is 0 Å². The Hall–Kier alpha value is -0.810. The number of amides is 2. The third kappa shape index (κ3) is 4.14. The maximum Gasteiger partial charge on any atom is 0.240 e. The highest BCUT2D eigenvalue weighted by Crippen LogP contribution is 2.19. The maximum atomic E-state index is 12.1. The first kappa shape index (κ1) is 17.2. The molecule has 1 rings (SSSR count). The summed E-state index contributed by atoms with van der Waals surface area (Å²) in [4.78, 5) is 23.2. The standard InChI is InChI=1S/C12H23N3O2.ClH/c1-11(2,9(13)16)8-14-10(17)12(3)6-4-5-7-15-12;/h15H,4-8H2,1-3H3,(H2,13,16)(H,14,17);1H. The number of piperidine rings is 1. The monoisotopic (exact) mass is 277 g/mol. The average molecular weight is 278 g/mol. The Morgan fingerprint density at radius 1 is 1.39 bits per heavy atom. The lowest BCUT2D eigenvalue weighted by Gasteiger charge is -2.34. The van der Waals surface area contributed by atoms with Gasteiger partial charge in [-0.25, -0.2) is 0 Å². The molecule has 2 amide bonds. The number of primary amides is 1. The number of rotatable bonds is 4. The van der Waals surface area contributed by atoms with Gasteiger partial charge in [-0.15, -0.1) is 12.4 Å². The highest BCUT2D eigenvalue weighted by atomic mass is 35.5. The zero-order chi connectivity index (χ0) is 13.1. The lowest BCUT2D eigenvalue weighted by atomic mass is 9.88. The van der Waals surface area contributed by atoms with E-state index in [0.717, 1.165) is 25.8 Å². The number of carbonyl (C=O) groups excluding carboxylic acids is 2. The van der Waals surface area contributed by atoms with E-state index >= 15 is 0 Å². The Bertz CT molecular complexity index is 312. The van der Waals surface area contributed by atoms with Crippen molar-refractivity contribution < 1.29 is 9.59 Å². The van der Waals surface area contributed by atoms with Gasteiger partial charge in [0.15, 0.2) is 0 Å². The van der Waals surface area contributed by atoms with Crippen LogP contribution in [0.1, 0.15) is 40.0 Å². The molecule has 0 radical (unpaired) electrons. The van der Waals surface area contributed by atoms with Crippen LogP contribution in [0.4, 0.5) is 0 Å². The normalized spacial score (nSPS) is 23.9. The zero-order valence-corrected chi connectivity index (χ0v) is 12.2. The van der Waals surface area contributed by atoms with E-state index in [4.69, 9.17) is 5.73 Å². The molecule has 1 atom stereocenters. The molecule has 0 aromatic carbocycles. The third-order valence-electron chi connectivity index (χ3n) is 3.48. The predicted octanol–water partition coefficient (Wildman–Crippen LogP) is 0.568. The predicted molar refractivity (Wildman–Crippen MR) is 73.5 cm³/mol. The summed E-state index contributed by atoms with van der Waals surface area (Å²) in [6.45, 7) is 6.50. The fourth-order valence-electron chi connectivity index (χ4n) is 1.83. The molecule has 18 heavy (non-hydrogen) atoms. The van der Waals surface area contributed by atoms with Gasteiger partial charge in [-0.1, -0.05) is 0 Å². The fraction of sp³-hybridized carbons (Fsp3) is 0.833. The van der Waals surface area contributed by atoms with E-state index in [1.54, 1.807) is 13.8 Å². The number of halogens is 1. The molecule has 0 aromatic heterocycles. The molecule has 0 spiro atoms. The Balaban J connectivity index is 0.00000289. The number of nitrogens with one attached hydrogen (secondary N) is 2. The number of nitrogens with two attached hydrogens (primary N) is 1. The topological polar surface area (TPSA) is 84.2 Å². The molecular formula is C12H24ClN3O2.